The summed E-state index contributed by atoms with van der Waals surface area (Å²) in [5.41, 5.74) is 7.29. The molecule has 2 atom stereocenters. The third-order valence-corrected chi connectivity index (χ3v) is 3.79. The Labute approximate surface area is 121 Å². The second-order valence-corrected chi connectivity index (χ2v) is 5.36. The van der Waals surface area contributed by atoms with Gasteiger partial charge in [0.15, 0.2) is 6.23 Å². The Bertz CT molecular complexity index is 670. The summed E-state index contributed by atoms with van der Waals surface area (Å²) < 4.78 is 7.60. The summed E-state index contributed by atoms with van der Waals surface area (Å²) in [6, 6.07) is 6.78. The summed E-state index contributed by atoms with van der Waals surface area (Å²) in [6.45, 7) is 0.735. The SMILES string of the molecule is N#CC(N)c1nn(C2CCCCO2)c2ccc(Cl)cc12. The lowest BCUT2D eigenvalue weighted by Gasteiger charge is -2.23. The van der Waals surface area contributed by atoms with E-state index in [4.69, 9.17) is 27.3 Å². The predicted molar refractivity (Wildman–Crippen MR) is 76.1 cm³/mol. The number of ether oxygens (including phenoxy) is 1. The minimum absolute atomic E-state index is 0.0907. The first-order valence-corrected chi connectivity index (χ1v) is 7.03. The molecule has 104 valence electrons. The fourth-order valence-corrected chi connectivity index (χ4v) is 2.74. The summed E-state index contributed by atoms with van der Waals surface area (Å²) in [4.78, 5) is 0. The molecule has 0 spiro atoms. The molecule has 1 aliphatic heterocycles. The van der Waals surface area contributed by atoms with Crippen LogP contribution in [0.15, 0.2) is 18.2 Å². The van der Waals surface area contributed by atoms with E-state index in [0.29, 0.717) is 10.7 Å². The van der Waals surface area contributed by atoms with Gasteiger partial charge in [-0.3, -0.25) is 0 Å². The number of hydrogen-bond donors (Lipinski definition) is 1. The monoisotopic (exact) mass is 290 g/mol. The molecule has 2 heterocycles. The predicted octanol–water partition coefficient (Wildman–Crippen LogP) is 2.91. The van der Waals surface area contributed by atoms with E-state index in [9.17, 15) is 0 Å². The lowest BCUT2D eigenvalue weighted by atomic mass is 10.1. The Hall–Kier alpha value is -1.61. The van der Waals surface area contributed by atoms with Crippen LogP contribution in [0.25, 0.3) is 10.9 Å². The van der Waals surface area contributed by atoms with Gasteiger partial charge in [-0.2, -0.15) is 10.4 Å². The van der Waals surface area contributed by atoms with Gasteiger partial charge in [-0.25, -0.2) is 4.68 Å². The molecule has 1 saturated heterocycles. The zero-order valence-corrected chi connectivity index (χ0v) is 11.7. The molecule has 6 heteroatoms. The van der Waals surface area contributed by atoms with E-state index in [0.717, 1.165) is 36.8 Å². The topological polar surface area (TPSA) is 76.9 Å². The van der Waals surface area contributed by atoms with Crippen molar-refractivity contribution in [2.24, 2.45) is 5.73 Å². The maximum absolute atomic E-state index is 9.05. The molecule has 0 saturated carbocycles. The van der Waals surface area contributed by atoms with Crippen LogP contribution < -0.4 is 5.73 Å². The summed E-state index contributed by atoms with van der Waals surface area (Å²) in [7, 11) is 0. The van der Waals surface area contributed by atoms with Crippen molar-refractivity contribution in [3.8, 4) is 6.07 Å². The third-order valence-electron chi connectivity index (χ3n) is 3.56. The van der Waals surface area contributed by atoms with Crippen molar-refractivity contribution in [1.82, 2.24) is 9.78 Å². The van der Waals surface area contributed by atoms with Crippen LogP contribution in [0, 0.1) is 11.3 Å². The fourth-order valence-electron chi connectivity index (χ4n) is 2.56. The Morgan fingerprint density at radius 3 is 3.05 bits per heavy atom. The molecule has 1 aliphatic rings. The molecule has 20 heavy (non-hydrogen) atoms. The number of nitrogens with two attached hydrogens (primary N) is 1. The van der Waals surface area contributed by atoms with E-state index >= 15 is 0 Å². The van der Waals surface area contributed by atoms with Crippen molar-refractivity contribution in [3.05, 3.63) is 28.9 Å². The molecule has 2 aromatic rings. The quantitative estimate of drug-likeness (QED) is 0.922. The molecule has 1 aromatic heterocycles. The molecule has 2 N–H and O–H groups in total. The molecule has 2 unspecified atom stereocenters. The molecule has 3 rings (SSSR count). The highest BCUT2D eigenvalue weighted by molar-refractivity contribution is 6.31. The minimum atomic E-state index is -0.763. The van der Waals surface area contributed by atoms with Gasteiger partial charge in [0, 0.05) is 17.0 Å². The summed E-state index contributed by atoms with van der Waals surface area (Å²) in [5.74, 6) is 0. The number of aromatic nitrogens is 2. The Morgan fingerprint density at radius 1 is 1.50 bits per heavy atom. The van der Waals surface area contributed by atoms with Crippen LogP contribution in [0.2, 0.25) is 5.02 Å². The number of nitriles is 1. The van der Waals surface area contributed by atoms with Gasteiger partial charge in [0.05, 0.1) is 11.6 Å². The maximum Gasteiger partial charge on any atom is 0.150 e. The van der Waals surface area contributed by atoms with Gasteiger partial charge in [0.2, 0.25) is 0 Å². The van der Waals surface area contributed by atoms with E-state index in [2.05, 4.69) is 5.10 Å². The normalized spacial score (nSPS) is 20.8. The molecule has 1 aromatic carbocycles. The Balaban J connectivity index is 2.15. The van der Waals surface area contributed by atoms with Gasteiger partial charge in [0.1, 0.15) is 11.7 Å². The molecular formula is C14H15ClN4O. The summed E-state index contributed by atoms with van der Waals surface area (Å²) >= 11 is 6.04. The standard InChI is InChI=1S/C14H15ClN4O/c15-9-4-5-12-10(7-9)14(11(17)8-16)18-19(12)13-3-1-2-6-20-13/h4-5,7,11,13H,1-3,6,17H2. The molecule has 5 nitrogen and oxygen atoms in total. The number of halogens is 1. The first-order chi connectivity index (χ1) is 9.70. The first kappa shape index (κ1) is 13.4. The first-order valence-electron chi connectivity index (χ1n) is 6.65. The van der Waals surface area contributed by atoms with Gasteiger partial charge < -0.3 is 10.5 Å². The maximum atomic E-state index is 9.05. The number of benzene rings is 1. The van der Waals surface area contributed by atoms with E-state index in [-0.39, 0.29) is 6.23 Å². The highest BCUT2D eigenvalue weighted by Crippen LogP contribution is 2.31. The Morgan fingerprint density at radius 2 is 2.35 bits per heavy atom. The van der Waals surface area contributed by atoms with Crippen molar-refractivity contribution in [2.45, 2.75) is 31.5 Å². The number of fused-ring (bicyclic) bond motifs is 1. The highest BCUT2D eigenvalue weighted by Gasteiger charge is 2.23. The lowest BCUT2D eigenvalue weighted by Crippen LogP contribution is -2.19. The smallest absolute Gasteiger partial charge is 0.150 e. The van der Waals surface area contributed by atoms with Crippen LogP contribution >= 0.6 is 11.6 Å². The van der Waals surface area contributed by atoms with Crippen LogP contribution in [0.1, 0.15) is 37.2 Å². The highest BCUT2D eigenvalue weighted by atomic mass is 35.5. The van der Waals surface area contributed by atoms with E-state index < -0.39 is 6.04 Å². The van der Waals surface area contributed by atoms with Gasteiger partial charge in [-0.1, -0.05) is 11.6 Å². The molecule has 0 radical (unpaired) electrons. The second kappa shape index (κ2) is 5.41. The van der Waals surface area contributed by atoms with E-state index in [1.54, 1.807) is 6.07 Å². The van der Waals surface area contributed by atoms with Crippen molar-refractivity contribution < 1.29 is 4.74 Å². The van der Waals surface area contributed by atoms with Crippen molar-refractivity contribution in [3.63, 3.8) is 0 Å². The third kappa shape index (κ3) is 2.27. The Kier molecular flexibility index (Phi) is 3.62. The van der Waals surface area contributed by atoms with E-state index in [1.807, 2.05) is 22.9 Å². The lowest BCUT2D eigenvalue weighted by molar-refractivity contribution is -0.0369. The van der Waals surface area contributed by atoms with Gasteiger partial charge in [-0.05, 0) is 37.5 Å². The second-order valence-electron chi connectivity index (χ2n) is 4.92. The van der Waals surface area contributed by atoms with Crippen molar-refractivity contribution in [2.75, 3.05) is 6.61 Å². The van der Waals surface area contributed by atoms with Crippen LogP contribution in [-0.2, 0) is 4.74 Å². The van der Waals surface area contributed by atoms with Gasteiger partial charge in [-0.15, -0.1) is 0 Å². The molecule has 0 amide bonds. The minimum Gasteiger partial charge on any atom is -0.356 e. The largest absolute Gasteiger partial charge is 0.356 e. The van der Waals surface area contributed by atoms with Crippen molar-refractivity contribution >= 4 is 22.5 Å². The van der Waals surface area contributed by atoms with Gasteiger partial charge in [0.25, 0.3) is 0 Å². The number of rotatable bonds is 2. The average molecular weight is 291 g/mol. The zero-order valence-electron chi connectivity index (χ0n) is 10.9. The molecular weight excluding hydrogens is 276 g/mol. The number of nitrogens with zero attached hydrogens (tertiary/aromatic N) is 3. The summed E-state index contributed by atoms with van der Waals surface area (Å²) in [5, 5.41) is 15.0. The summed E-state index contributed by atoms with van der Waals surface area (Å²) in [6.07, 6.45) is 3.01. The molecule has 1 fully saturated rings. The molecule has 0 bridgehead atoms. The average Bonchev–Trinajstić information content (AvgIpc) is 2.86. The fraction of sp³-hybridized carbons (Fsp3) is 0.429. The van der Waals surface area contributed by atoms with Crippen LogP contribution in [-0.4, -0.2) is 16.4 Å². The van der Waals surface area contributed by atoms with Crippen LogP contribution in [0.5, 0.6) is 0 Å². The van der Waals surface area contributed by atoms with Crippen molar-refractivity contribution in [1.29, 1.82) is 5.26 Å². The van der Waals surface area contributed by atoms with E-state index in [1.165, 1.54) is 0 Å². The number of hydrogen-bond acceptors (Lipinski definition) is 4. The molecule has 0 aliphatic carbocycles. The van der Waals surface area contributed by atoms with Crippen LogP contribution in [0.4, 0.5) is 0 Å². The zero-order chi connectivity index (χ0) is 14.1. The van der Waals surface area contributed by atoms with Gasteiger partial charge >= 0.3 is 0 Å². The van der Waals surface area contributed by atoms with Crippen LogP contribution in [0.3, 0.4) is 0 Å².